The highest BCUT2D eigenvalue weighted by molar-refractivity contribution is 9.10. The van der Waals surface area contributed by atoms with E-state index in [0.717, 1.165) is 15.6 Å². The van der Waals surface area contributed by atoms with Crippen LogP contribution in [0.15, 0.2) is 40.9 Å². The Morgan fingerprint density at radius 1 is 1.11 bits per heavy atom. The van der Waals surface area contributed by atoms with Gasteiger partial charge in [-0.1, -0.05) is 40.2 Å². The summed E-state index contributed by atoms with van der Waals surface area (Å²) in [6.45, 7) is 1.95. The van der Waals surface area contributed by atoms with Crippen molar-refractivity contribution in [1.82, 2.24) is 0 Å². The molecule has 0 aromatic heterocycles. The quantitative estimate of drug-likeness (QED) is 0.639. The highest BCUT2D eigenvalue weighted by Gasteiger charge is 2.17. The van der Waals surface area contributed by atoms with Gasteiger partial charge < -0.3 is 0 Å². The lowest BCUT2D eigenvalue weighted by Crippen LogP contribution is -2.02. The second-order valence-electron chi connectivity index (χ2n) is 4.35. The molecule has 0 aliphatic rings. The maximum atomic E-state index is 13.6. The fourth-order valence-electron chi connectivity index (χ4n) is 1.93. The van der Waals surface area contributed by atoms with Crippen molar-refractivity contribution in [3.8, 4) is 0 Å². The minimum absolute atomic E-state index is 0.0240. The first kappa shape index (κ1) is 14.5. The fourth-order valence-corrected chi connectivity index (χ4v) is 2.94. The number of rotatable bonds is 3. The van der Waals surface area contributed by atoms with Crippen molar-refractivity contribution in [2.75, 3.05) is 0 Å². The number of aryl methyl sites for hydroxylation is 1. The molecule has 0 radical (unpaired) electrons. The molecule has 0 aliphatic heterocycles. The molecule has 100 valence electrons. The zero-order chi connectivity index (χ0) is 14.0. The van der Waals surface area contributed by atoms with Crippen LogP contribution in [0.25, 0.3) is 0 Å². The molecule has 0 spiro atoms. The molecule has 0 aliphatic carbocycles. The van der Waals surface area contributed by atoms with E-state index >= 15 is 0 Å². The Labute approximate surface area is 124 Å². The minimum atomic E-state index is -0.561. The first-order chi connectivity index (χ1) is 9.00. The molecule has 0 bridgehead atoms. The summed E-state index contributed by atoms with van der Waals surface area (Å²) in [6.07, 6.45) is 0.113. The molecule has 4 heteroatoms. The molecule has 2 aromatic rings. The Bertz CT molecular complexity index is 578. The Kier molecular flexibility index (Phi) is 4.58. The third kappa shape index (κ3) is 3.15. The van der Waals surface area contributed by atoms with E-state index in [4.69, 9.17) is 11.6 Å². The van der Waals surface area contributed by atoms with Crippen LogP contribution >= 0.6 is 27.5 Å². The standard InChI is InChI=1S/C15H12BrClF2/c1-9-4-2-5-10(15(9)16)12(17)8-11-13(18)6-3-7-14(11)19/h2-7,12H,8H2,1H3. The molecule has 1 atom stereocenters. The molecule has 2 aromatic carbocycles. The van der Waals surface area contributed by atoms with Crippen molar-refractivity contribution in [2.24, 2.45) is 0 Å². The average molecular weight is 346 g/mol. The molecule has 0 amide bonds. The van der Waals surface area contributed by atoms with E-state index in [9.17, 15) is 8.78 Å². The van der Waals surface area contributed by atoms with Crippen LogP contribution in [0.2, 0.25) is 0 Å². The summed E-state index contributed by atoms with van der Waals surface area (Å²) in [5.41, 5.74) is 1.90. The second kappa shape index (κ2) is 6.02. The van der Waals surface area contributed by atoms with Gasteiger partial charge in [-0.15, -0.1) is 11.6 Å². The van der Waals surface area contributed by atoms with Gasteiger partial charge >= 0.3 is 0 Å². The normalized spacial score (nSPS) is 12.5. The van der Waals surface area contributed by atoms with Gasteiger partial charge in [0, 0.05) is 10.0 Å². The highest BCUT2D eigenvalue weighted by atomic mass is 79.9. The number of hydrogen-bond acceptors (Lipinski definition) is 0. The van der Waals surface area contributed by atoms with Gasteiger partial charge in [-0.25, -0.2) is 8.78 Å². The third-order valence-corrected chi connectivity index (χ3v) is 4.48. The lowest BCUT2D eigenvalue weighted by molar-refractivity contribution is 0.553. The van der Waals surface area contributed by atoms with Gasteiger partial charge in [0.15, 0.2) is 0 Å². The summed E-state index contributed by atoms with van der Waals surface area (Å²) in [5.74, 6) is -1.12. The lowest BCUT2D eigenvalue weighted by Gasteiger charge is -2.14. The van der Waals surface area contributed by atoms with Crippen molar-refractivity contribution >= 4 is 27.5 Å². The fraction of sp³-hybridized carbons (Fsp3) is 0.200. The largest absolute Gasteiger partial charge is 0.207 e. The van der Waals surface area contributed by atoms with Crippen molar-refractivity contribution in [3.63, 3.8) is 0 Å². The minimum Gasteiger partial charge on any atom is -0.207 e. The molecule has 0 fully saturated rings. The predicted molar refractivity (Wildman–Crippen MR) is 77.5 cm³/mol. The number of benzene rings is 2. The summed E-state index contributed by atoms with van der Waals surface area (Å²) in [7, 11) is 0. The Morgan fingerprint density at radius 3 is 2.32 bits per heavy atom. The molecule has 0 heterocycles. The first-order valence-electron chi connectivity index (χ1n) is 5.82. The zero-order valence-corrected chi connectivity index (χ0v) is 12.6. The van der Waals surface area contributed by atoms with Gasteiger partial charge in [-0.05, 0) is 36.6 Å². The van der Waals surface area contributed by atoms with Crippen LogP contribution in [0.1, 0.15) is 22.1 Å². The predicted octanol–water partition coefficient (Wildman–Crippen LogP) is 5.56. The van der Waals surface area contributed by atoms with Crippen LogP contribution in [0.5, 0.6) is 0 Å². The van der Waals surface area contributed by atoms with Gasteiger partial charge in [0.1, 0.15) is 11.6 Å². The van der Waals surface area contributed by atoms with E-state index < -0.39 is 17.0 Å². The first-order valence-corrected chi connectivity index (χ1v) is 7.05. The molecular formula is C15H12BrClF2. The Morgan fingerprint density at radius 2 is 1.68 bits per heavy atom. The molecule has 0 N–H and O–H groups in total. The van der Waals surface area contributed by atoms with Crippen LogP contribution in [-0.2, 0) is 6.42 Å². The van der Waals surface area contributed by atoms with Crippen LogP contribution in [-0.4, -0.2) is 0 Å². The second-order valence-corrected chi connectivity index (χ2v) is 5.67. The highest BCUT2D eigenvalue weighted by Crippen LogP contribution is 2.33. The number of halogens is 4. The molecule has 2 rings (SSSR count). The summed E-state index contributed by atoms with van der Waals surface area (Å²) in [4.78, 5) is 0. The Hall–Kier alpha value is -0.930. The monoisotopic (exact) mass is 344 g/mol. The zero-order valence-electron chi connectivity index (χ0n) is 10.3. The number of alkyl halides is 1. The summed E-state index contributed by atoms with van der Waals surface area (Å²) in [5, 5.41) is -0.485. The third-order valence-electron chi connectivity index (χ3n) is 3.00. The van der Waals surface area contributed by atoms with Crippen LogP contribution in [0, 0.1) is 18.6 Å². The van der Waals surface area contributed by atoms with E-state index in [1.807, 2.05) is 25.1 Å². The van der Waals surface area contributed by atoms with E-state index in [2.05, 4.69) is 15.9 Å². The van der Waals surface area contributed by atoms with Crippen molar-refractivity contribution < 1.29 is 8.78 Å². The van der Waals surface area contributed by atoms with Gasteiger partial charge in [0.25, 0.3) is 0 Å². The Balaban J connectivity index is 2.31. The van der Waals surface area contributed by atoms with Crippen molar-refractivity contribution in [1.29, 1.82) is 0 Å². The van der Waals surface area contributed by atoms with Crippen LogP contribution in [0.3, 0.4) is 0 Å². The van der Waals surface area contributed by atoms with Gasteiger partial charge in [0.2, 0.25) is 0 Å². The van der Waals surface area contributed by atoms with E-state index in [-0.39, 0.29) is 12.0 Å². The van der Waals surface area contributed by atoms with Crippen LogP contribution < -0.4 is 0 Å². The SMILES string of the molecule is Cc1cccc(C(Cl)Cc2c(F)cccc2F)c1Br. The summed E-state index contributed by atoms with van der Waals surface area (Å²) >= 11 is 9.76. The summed E-state index contributed by atoms with van der Waals surface area (Å²) < 4.78 is 28.1. The lowest BCUT2D eigenvalue weighted by atomic mass is 10.0. The van der Waals surface area contributed by atoms with Gasteiger partial charge in [0.05, 0.1) is 5.38 Å². The van der Waals surface area contributed by atoms with E-state index in [1.165, 1.54) is 18.2 Å². The van der Waals surface area contributed by atoms with Crippen LogP contribution in [0.4, 0.5) is 8.78 Å². The van der Waals surface area contributed by atoms with E-state index in [0.29, 0.717) is 0 Å². The maximum absolute atomic E-state index is 13.6. The molecule has 0 saturated heterocycles. The van der Waals surface area contributed by atoms with Crippen molar-refractivity contribution in [3.05, 3.63) is 69.2 Å². The smallest absolute Gasteiger partial charge is 0.129 e. The number of hydrogen-bond donors (Lipinski definition) is 0. The molecule has 0 nitrogen and oxygen atoms in total. The molecule has 19 heavy (non-hydrogen) atoms. The molecule has 1 unspecified atom stereocenters. The molecule has 0 saturated carbocycles. The summed E-state index contributed by atoms with van der Waals surface area (Å²) in [6, 6.07) is 9.51. The van der Waals surface area contributed by atoms with E-state index in [1.54, 1.807) is 0 Å². The molecular weight excluding hydrogens is 334 g/mol. The average Bonchev–Trinajstić information content (AvgIpc) is 2.37. The maximum Gasteiger partial charge on any atom is 0.129 e. The van der Waals surface area contributed by atoms with Crippen molar-refractivity contribution in [2.45, 2.75) is 18.7 Å². The topological polar surface area (TPSA) is 0 Å². The van der Waals surface area contributed by atoms with Gasteiger partial charge in [-0.2, -0.15) is 0 Å². The van der Waals surface area contributed by atoms with Gasteiger partial charge in [-0.3, -0.25) is 0 Å².